The monoisotopic (exact) mass is 498 g/mol. The van der Waals surface area contributed by atoms with Crippen LogP contribution in [0.3, 0.4) is 0 Å². The highest BCUT2D eigenvalue weighted by Gasteiger charge is 2.49. The second kappa shape index (κ2) is 8.00. The number of amides is 3. The van der Waals surface area contributed by atoms with Crippen molar-refractivity contribution in [3.63, 3.8) is 0 Å². The molecule has 0 spiro atoms. The number of urea groups is 1. The molecule has 1 unspecified atom stereocenters. The van der Waals surface area contributed by atoms with E-state index in [2.05, 4.69) is 38.3 Å². The summed E-state index contributed by atoms with van der Waals surface area (Å²) in [5, 5.41) is 4.09. The Morgan fingerprint density at radius 1 is 1.13 bits per heavy atom. The third-order valence-electron chi connectivity index (χ3n) is 6.29. The number of para-hydroxylation sites is 1. The average Bonchev–Trinajstić information content (AvgIpc) is 3.30. The number of nitrogens with one attached hydrogen (secondary N) is 1. The van der Waals surface area contributed by atoms with Crippen LogP contribution in [-0.4, -0.2) is 46.5 Å². The number of halogens is 1. The standard InChI is InChI=1S/C23H23BrN4O2S/c1-23(16-6-8-17(24)9-7-16)21(29)28(22(30)26-23)14-27-12-10-15(11-13-27)20-25-18-4-2-3-5-19(18)31-20/h2-9,15H,10-14H2,1H3,(H,26,30). The SMILES string of the molecule is CC1(c2ccc(Br)cc2)NC(=O)N(CN2CCC(c3nc4ccccc4s3)CC2)C1=O. The maximum atomic E-state index is 13.2. The number of carbonyl (C=O) groups is 2. The number of benzene rings is 2. The summed E-state index contributed by atoms with van der Waals surface area (Å²) in [6.45, 7) is 3.78. The first-order valence-corrected chi connectivity index (χ1v) is 12.0. The van der Waals surface area contributed by atoms with Gasteiger partial charge in [0.25, 0.3) is 5.91 Å². The van der Waals surface area contributed by atoms with Gasteiger partial charge in [-0.1, -0.05) is 40.2 Å². The van der Waals surface area contributed by atoms with Crippen molar-refractivity contribution < 1.29 is 9.59 Å². The summed E-state index contributed by atoms with van der Waals surface area (Å²) in [5.74, 6) is 0.234. The number of rotatable bonds is 4. The fourth-order valence-electron chi connectivity index (χ4n) is 4.39. The van der Waals surface area contributed by atoms with Crippen LogP contribution in [-0.2, 0) is 10.3 Å². The summed E-state index contributed by atoms with van der Waals surface area (Å²) < 4.78 is 2.16. The molecule has 1 aromatic heterocycles. The minimum atomic E-state index is -1.03. The van der Waals surface area contributed by atoms with Crippen molar-refractivity contribution in [1.29, 1.82) is 0 Å². The number of hydrogen-bond acceptors (Lipinski definition) is 5. The van der Waals surface area contributed by atoms with Crippen molar-refractivity contribution in [2.75, 3.05) is 19.8 Å². The predicted molar refractivity (Wildman–Crippen MR) is 125 cm³/mol. The molecule has 2 fully saturated rings. The number of nitrogens with zero attached hydrogens (tertiary/aromatic N) is 3. The zero-order valence-electron chi connectivity index (χ0n) is 17.2. The number of imide groups is 1. The molecule has 0 aliphatic carbocycles. The molecule has 3 heterocycles. The predicted octanol–water partition coefficient (Wildman–Crippen LogP) is 4.66. The zero-order valence-corrected chi connectivity index (χ0v) is 19.6. The fourth-order valence-corrected chi connectivity index (χ4v) is 5.79. The van der Waals surface area contributed by atoms with Crippen molar-refractivity contribution >= 4 is 49.4 Å². The number of piperidine rings is 1. The summed E-state index contributed by atoms with van der Waals surface area (Å²) in [7, 11) is 0. The quantitative estimate of drug-likeness (QED) is 0.531. The van der Waals surface area contributed by atoms with E-state index in [1.165, 1.54) is 14.6 Å². The first-order chi connectivity index (χ1) is 14.9. The molecule has 2 aromatic carbocycles. The largest absolute Gasteiger partial charge is 0.326 e. The van der Waals surface area contributed by atoms with Gasteiger partial charge in [0, 0.05) is 23.5 Å². The molecule has 6 nitrogen and oxygen atoms in total. The molecule has 31 heavy (non-hydrogen) atoms. The normalized spacial score (nSPS) is 23.0. The van der Waals surface area contributed by atoms with E-state index in [1.807, 2.05) is 36.4 Å². The average molecular weight is 499 g/mol. The van der Waals surface area contributed by atoms with Gasteiger partial charge in [-0.25, -0.2) is 14.7 Å². The van der Waals surface area contributed by atoms with Gasteiger partial charge in [-0.15, -0.1) is 11.3 Å². The van der Waals surface area contributed by atoms with Gasteiger partial charge in [0.1, 0.15) is 5.54 Å². The Kier molecular flexibility index (Phi) is 5.32. The number of carbonyl (C=O) groups excluding carboxylic acids is 2. The van der Waals surface area contributed by atoms with E-state index in [9.17, 15) is 9.59 Å². The van der Waals surface area contributed by atoms with Gasteiger partial charge in [-0.2, -0.15) is 0 Å². The molecule has 3 aromatic rings. The highest BCUT2D eigenvalue weighted by Crippen LogP contribution is 2.35. The molecule has 8 heteroatoms. The van der Waals surface area contributed by atoms with Crippen molar-refractivity contribution in [1.82, 2.24) is 20.1 Å². The Bertz CT molecular complexity index is 1110. The van der Waals surface area contributed by atoms with Crippen LogP contribution in [0.1, 0.15) is 36.3 Å². The third-order valence-corrected chi connectivity index (χ3v) is 8.01. The van der Waals surface area contributed by atoms with E-state index in [0.29, 0.717) is 12.6 Å². The van der Waals surface area contributed by atoms with Crippen molar-refractivity contribution in [2.24, 2.45) is 0 Å². The van der Waals surface area contributed by atoms with E-state index in [1.54, 1.807) is 18.3 Å². The lowest BCUT2D eigenvalue weighted by molar-refractivity contribution is -0.132. The maximum Gasteiger partial charge on any atom is 0.326 e. The lowest BCUT2D eigenvalue weighted by Crippen LogP contribution is -2.46. The molecule has 2 saturated heterocycles. The Morgan fingerprint density at radius 3 is 2.55 bits per heavy atom. The molecule has 1 atom stereocenters. The van der Waals surface area contributed by atoms with Crippen LogP contribution >= 0.6 is 27.3 Å². The molecule has 0 radical (unpaired) electrons. The highest BCUT2D eigenvalue weighted by atomic mass is 79.9. The number of thiazole rings is 1. The molecule has 2 aliphatic rings. The minimum absolute atomic E-state index is 0.201. The molecular formula is C23H23BrN4O2S. The summed E-state index contributed by atoms with van der Waals surface area (Å²) in [6, 6.07) is 15.4. The molecule has 160 valence electrons. The zero-order chi connectivity index (χ0) is 21.6. The van der Waals surface area contributed by atoms with Crippen LogP contribution in [0.25, 0.3) is 10.2 Å². The molecule has 0 saturated carbocycles. The van der Waals surface area contributed by atoms with Gasteiger partial charge in [0.2, 0.25) is 0 Å². The molecule has 0 bridgehead atoms. The first kappa shape index (κ1) is 20.6. The topological polar surface area (TPSA) is 65.5 Å². The van der Waals surface area contributed by atoms with Gasteiger partial charge in [-0.3, -0.25) is 9.69 Å². The number of likely N-dealkylation sites (tertiary alicyclic amines) is 1. The van der Waals surface area contributed by atoms with Crippen LogP contribution in [0.2, 0.25) is 0 Å². The molecule has 5 rings (SSSR count). The lowest BCUT2D eigenvalue weighted by atomic mass is 9.92. The highest BCUT2D eigenvalue weighted by molar-refractivity contribution is 9.10. The number of aromatic nitrogens is 1. The summed E-state index contributed by atoms with van der Waals surface area (Å²) in [6.07, 6.45) is 1.96. The molecule has 1 N–H and O–H groups in total. The Labute approximate surface area is 193 Å². The Balaban J connectivity index is 1.24. The van der Waals surface area contributed by atoms with Gasteiger partial charge >= 0.3 is 6.03 Å². The fraction of sp³-hybridized carbons (Fsp3) is 0.348. The molecular weight excluding hydrogens is 476 g/mol. The smallest absolute Gasteiger partial charge is 0.319 e. The van der Waals surface area contributed by atoms with Crippen LogP contribution in [0.4, 0.5) is 4.79 Å². The van der Waals surface area contributed by atoms with Crippen LogP contribution in [0, 0.1) is 0 Å². The van der Waals surface area contributed by atoms with Crippen LogP contribution in [0.5, 0.6) is 0 Å². The van der Waals surface area contributed by atoms with E-state index >= 15 is 0 Å². The maximum absolute atomic E-state index is 13.2. The molecule has 3 amide bonds. The lowest BCUT2D eigenvalue weighted by Gasteiger charge is -2.33. The van der Waals surface area contributed by atoms with Crippen molar-refractivity contribution in [2.45, 2.75) is 31.2 Å². The van der Waals surface area contributed by atoms with Gasteiger partial charge in [0.05, 0.1) is 21.9 Å². The van der Waals surface area contributed by atoms with Crippen LogP contribution < -0.4 is 5.32 Å². The summed E-state index contributed by atoms with van der Waals surface area (Å²) >= 11 is 5.19. The second-order valence-electron chi connectivity index (χ2n) is 8.35. The second-order valence-corrected chi connectivity index (χ2v) is 10.3. The Morgan fingerprint density at radius 2 is 1.84 bits per heavy atom. The molecule has 2 aliphatic heterocycles. The van der Waals surface area contributed by atoms with Crippen LogP contribution in [0.15, 0.2) is 53.0 Å². The minimum Gasteiger partial charge on any atom is -0.319 e. The van der Waals surface area contributed by atoms with E-state index in [4.69, 9.17) is 4.98 Å². The van der Waals surface area contributed by atoms with Gasteiger partial charge in [-0.05, 0) is 49.6 Å². The number of fused-ring (bicyclic) bond motifs is 1. The van der Waals surface area contributed by atoms with Crippen molar-refractivity contribution in [3.05, 3.63) is 63.6 Å². The van der Waals surface area contributed by atoms with Gasteiger partial charge in [0.15, 0.2) is 0 Å². The Hall–Kier alpha value is -2.29. The van der Waals surface area contributed by atoms with E-state index in [-0.39, 0.29) is 11.9 Å². The van der Waals surface area contributed by atoms with Crippen molar-refractivity contribution in [3.8, 4) is 0 Å². The summed E-state index contributed by atoms with van der Waals surface area (Å²) in [5.41, 5.74) is 0.819. The number of hydrogen-bond donors (Lipinski definition) is 1. The first-order valence-electron chi connectivity index (χ1n) is 10.4. The third kappa shape index (κ3) is 3.77. The summed E-state index contributed by atoms with van der Waals surface area (Å²) in [4.78, 5) is 34.2. The van der Waals surface area contributed by atoms with E-state index in [0.717, 1.165) is 41.5 Å². The van der Waals surface area contributed by atoms with E-state index < -0.39 is 5.54 Å². The van der Waals surface area contributed by atoms with Gasteiger partial charge < -0.3 is 5.32 Å².